The molecule has 0 radical (unpaired) electrons. The van der Waals surface area contributed by atoms with Crippen LogP contribution in [0, 0.1) is 5.92 Å². The lowest BCUT2D eigenvalue weighted by molar-refractivity contribution is 0.102. The first-order chi connectivity index (χ1) is 15.1. The third-order valence-corrected chi connectivity index (χ3v) is 6.84. The van der Waals surface area contributed by atoms with Crippen molar-refractivity contribution in [3.8, 4) is 0 Å². The zero-order chi connectivity index (χ0) is 21.6. The molecule has 1 aliphatic rings. The molecule has 1 atom stereocenters. The molecule has 1 unspecified atom stereocenters. The molecule has 31 heavy (non-hydrogen) atoms. The maximum Gasteiger partial charge on any atom is 0.256 e. The maximum absolute atomic E-state index is 12.5. The smallest absolute Gasteiger partial charge is 0.256 e. The number of piperidine rings is 1. The average molecular weight is 455 g/mol. The van der Waals surface area contributed by atoms with Crippen LogP contribution < -0.4 is 10.6 Å². The largest absolute Gasteiger partial charge is 0.385 e. The van der Waals surface area contributed by atoms with Gasteiger partial charge in [-0.1, -0.05) is 17.7 Å². The molecule has 1 fully saturated rings. The molecule has 0 spiro atoms. The van der Waals surface area contributed by atoms with Gasteiger partial charge >= 0.3 is 0 Å². The highest BCUT2D eigenvalue weighted by atomic mass is 35.5. The van der Waals surface area contributed by atoms with Crippen LogP contribution in [0.15, 0.2) is 59.4 Å². The summed E-state index contributed by atoms with van der Waals surface area (Å²) in [5.41, 5.74) is 2.98. The van der Waals surface area contributed by atoms with E-state index in [1.54, 1.807) is 29.5 Å². The average Bonchev–Trinajstić information content (AvgIpc) is 3.34. The summed E-state index contributed by atoms with van der Waals surface area (Å²) in [7, 11) is 0. The summed E-state index contributed by atoms with van der Waals surface area (Å²) in [5, 5.41) is 11.3. The van der Waals surface area contributed by atoms with E-state index in [4.69, 9.17) is 11.6 Å². The normalized spacial score (nSPS) is 16.1. The third-order valence-electron chi connectivity index (χ3n) is 5.91. The molecule has 1 saturated heterocycles. The number of amides is 1. The Balaban J connectivity index is 1.27. The van der Waals surface area contributed by atoms with Crippen LogP contribution in [0.2, 0.25) is 5.02 Å². The summed E-state index contributed by atoms with van der Waals surface area (Å²) in [6, 6.07) is 13.7. The number of carbonyl (C=O) groups excluding carboxylic acids is 1. The minimum Gasteiger partial charge on any atom is -0.385 e. The molecule has 4 rings (SSSR count). The monoisotopic (exact) mass is 454 g/mol. The number of thiophene rings is 1. The van der Waals surface area contributed by atoms with Crippen molar-refractivity contribution in [3.63, 3.8) is 0 Å². The van der Waals surface area contributed by atoms with Crippen LogP contribution in [0.5, 0.6) is 0 Å². The lowest BCUT2D eigenvalue weighted by Crippen LogP contribution is -2.37. The standard InChI is InChI=1S/C24H27ClN4OS/c1-17(20-9-12-31-16-20)29-10-7-18(8-11-29)14-26-22-4-2-3-19(13-22)24(30)28-23-6-5-21(25)15-27-23/h2-6,9,12-13,15-18,26H,7-8,10-11,14H2,1H3,(H,27,28,30). The second-order valence-corrected chi connectivity index (χ2v) is 9.21. The number of rotatable bonds is 7. The number of hydrogen-bond acceptors (Lipinski definition) is 5. The van der Waals surface area contributed by atoms with Gasteiger partial charge in [-0.2, -0.15) is 11.3 Å². The highest BCUT2D eigenvalue weighted by Crippen LogP contribution is 2.28. The Labute approximate surface area is 192 Å². The van der Waals surface area contributed by atoms with E-state index in [1.165, 1.54) is 24.6 Å². The quantitative estimate of drug-likeness (QED) is 0.464. The molecule has 3 heterocycles. The zero-order valence-electron chi connectivity index (χ0n) is 17.6. The van der Waals surface area contributed by atoms with Crippen LogP contribution in [0.1, 0.15) is 41.7 Å². The van der Waals surface area contributed by atoms with Gasteiger partial charge in [-0.3, -0.25) is 9.69 Å². The minimum absolute atomic E-state index is 0.186. The first kappa shape index (κ1) is 21.8. The number of halogens is 1. The number of nitrogens with one attached hydrogen (secondary N) is 2. The summed E-state index contributed by atoms with van der Waals surface area (Å²) >= 11 is 7.61. The summed E-state index contributed by atoms with van der Waals surface area (Å²) < 4.78 is 0. The number of anilines is 2. The molecule has 162 valence electrons. The van der Waals surface area contributed by atoms with Crippen LogP contribution in [0.3, 0.4) is 0 Å². The molecular formula is C24H27ClN4OS. The Morgan fingerprint density at radius 3 is 2.81 bits per heavy atom. The number of hydrogen-bond donors (Lipinski definition) is 2. The Morgan fingerprint density at radius 2 is 2.10 bits per heavy atom. The van der Waals surface area contributed by atoms with E-state index in [0.29, 0.717) is 28.4 Å². The van der Waals surface area contributed by atoms with Crippen molar-refractivity contribution in [2.45, 2.75) is 25.8 Å². The number of aromatic nitrogens is 1. The van der Waals surface area contributed by atoms with Gasteiger partial charge in [-0.05, 0) is 91.5 Å². The molecule has 2 aromatic heterocycles. The number of carbonyl (C=O) groups is 1. The molecule has 0 saturated carbocycles. The van der Waals surface area contributed by atoms with Gasteiger partial charge in [0.25, 0.3) is 5.91 Å². The predicted molar refractivity (Wildman–Crippen MR) is 129 cm³/mol. The van der Waals surface area contributed by atoms with Gasteiger partial charge in [0.15, 0.2) is 0 Å². The summed E-state index contributed by atoms with van der Waals surface area (Å²) in [6.45, 7) is 5.47. The van der Waals surface area contributed by atoms with Gasteiger partial charge < -0.3 is 10.6 Å². The molecule has 1 aliphatic heterocycles. The van der Waals surface area contributed by atoms with E-state index >= 15 is 0 Å². The third kappa shape index (κ3) is 5.85. The Kier molecular flexibility index (Phi) is 7.22. The fourth-order valence-corrected chi connectivity index (χ4v) is 4.80. The fourth-order valence-electron chi connectivity index (χ4n) is 3.94. The minimum atomic E-state index is -0.186. The lowest BCUT2D eigenvalue weighted by atomic mass is 9.95. The number of pyridine rings is 1. The molecule has 1 aromatic carbocycles. The topological polar surface area (TPSA) is 57.3 Å². The highest BCUT2D eigenvalue weighted by molar-refractivity contribution is 7.07. The SMILES string of the molecule is CC(c1ccsc1)N1CCC(CNc2cccc(C(=O)Nc3ccc(Cl)cn3)c2)CC1. The van der Waals surface area contributed by atoms with Gasteiger partial charge in [-0.25, -0.2) is 4.98 Å². The van der Waals surface area contributed by atoms with E-state index < -0.39 is 0 Å². The van der Waals surface area contributed by atoms with E-state index in [0.717, 1.165) is 25.3 Å². The van der Waals surface area contributed by atoms with Crippen molar-refractivity contribution in [2.75, 3.05) is 30.3 Å². The van der Waals surface area contributed by atoms with Crippen LogP contribution in [-0.4, -0.2) is 35.4 Å². The number of likely N-dealkylation sites (tertiary alicyclic amines) is 1. The molecule has 5 nitrogen and oxygen atoms in total. The van der Waals surface area contributed by atoms with Gasteiger partial charge in [0.05, 0.1) is 5.02 Å². The first-order valence-electron chi connectivity index (χ1n) is 10.6. The second-order valence-electron chi connectivity index (χ2n) is 7.99. The Morgan fingerprint density at radius 1 is 1.26 bits per heavy atom. The number of nitrogens with zero attached hydrogens (tertiary/aromatic N) is 2. The van der Waals surface area contributed by atoms with Crippen LogP contribution in [0.4, 0.5) is 11.5 Å². The molecule has 0 bridgehead atoms. The number of benzene rings is 1. The van der Waals surface area contributed by atoms with Crippen molar-refractivity contribution in [2.24, 2.45) is 5.92 Å². The summed E-state index contributed by atoms with van der Waals surface area (Å²) in [4.78, 5) is 19.2. The molecule has 7 heteroatoms. The fraction of sp³-hybridized carbons (Fsp3) is 0.333. The molecular weight excluding hydrogens is 428 g/mol. The summed E-state index contributed by atoms with van der Waals surface area (Å²) in [6.07, 6.45) is 3.88. The molecule has 0 aliphatic carbocycles. The van der Waals surface area contributed by atoms with Gasteiger partial charge in [-0.15, -0.1) is 0 Å². The first-order valence-corrected chi connectivity index (χ1v) is 11.9. The van der Waals surface area contributed by atoms with E-state index in [9.17, 15) is 4.79 Å². The predicted octanol–water partition coefficient (Wildman–Crippen LogP) is 5.93. The van der Waals surface area contributed by atoms with Crippen LogP contribution in [-0.2, 0) is 0 Å². The van der Waals surface area contributed by atoms with Crippen LogP contribution >= 0.6 is 22.9 Å². The van der Waals surface area contributed by atoms with E-state index in [1.807, 2.05) is 18.2 Å². The second kappa shape index (κ2) is 10.3. The van der Waals surface area contributed by atoms with Crippen molar-refractivity contribution >= 4 is 40.4 Å². The van der Waals surface area contributed by atoms with Crippen molar-refractivity contribution < 1.29 is 4.79 Å². The Bertz CT molecular complexity index is 985. The Hall–Kier alpha value is -2.41. The summed E-state index contributed by atoms with van der Waals surface area (Å²) in [5.74, 6) is 0.937. The van der Waals surface area contributed by atoms with Gasteiger partial charge in [0, 0.05) is 30.0 Å². The molecule has 2 N–H and O–H groups in total. The van der Waals surface area contributed by atoms with Gasteiger partial charge in [0.1, 0.15) is 5.82 Å². The van der Waals surface area contributed by atoms with Crippen LogP contribution in [0.25, 0.3) is 0 Å². The molecule has 1 amide bonds. The van der Waals surface area contributed by atoms with Gasteiger partial charge in [0.2, 0.25) is 0 Å². The van der Waals surface area contributed by atoms with E-state index in [-0.39, 0.29) is 5.91 Å². The molecule has 3 aromatic rings. The zero-order valence-corrected chi connectivity index (χ0v) is 19.1. The maximum atomic E-state index is 12.5. The highest BCUT2D eigenvalue weighted by Gasteiger charge is 2.23. The van der Waals surface area contributed by atoms with Crippen molar-refractivity contribution in [3.05, 3.63) is 75.6 Å². The van der Waals surface area contributed by atoms with Crippen molar-refractivity contribution in [1.29, 1.82) is 0 Å². The van der Waals surface area contributed by atoms with E-state index in [2.05, 4.69) is 44.3 Å². The van der Waals surface area contributed by atoms with Crippen molar-refractivity contribution in [1.82, 2.24) is 9.88 Å². The lowest BCUT2D eigenvalue weighted by Gasteiger charge is -2.36.